The van der Waals surface area contributed by atoms with Crippen LogP contribution in [0.15, 0.2) is 30.5 Å². The van der Waals surface area contributed by atoms with Gasteiger partial charge in [0.1, 0.15) is 0 Å². The average molecular weight is 249 g/mol. The van der Waals surface area contributed by atoms with Crippen molar-refractivity contribution in [3.05, 3.63) is 41.0 Å². The van der Waals surface area contributed by atoms with E-state index in [9.17, 15) is 0 Å². The molecule has 2 N–H and O–H groups in total. The maximum absolute atomic E-state index is 6.05. The summed E-state index contributed by atoms with van der Waals surface area (Å²) >= 11 is 5.98. The molecule has 0 amide bonds. The van der Waals surface area contributed by atoms with Gasteiger partial charge in [-0.2, -0.15) is 0 Å². The molecule has 0 fully saturated rings. The zero-order valence-corrected chi connectivity index (χ0v) is 10.9. The molecule has 3 heteroatoms. The zero-order chi connectivity index (χ0) is 12.4. The summed E-state index contributed by atoms with van der Waals surface area (Å²) in [6.45, 7) is 4.21. The molecule has 1 heterocycles. The molecule has 0 aliphatic rings. The van der Waals surface area contributed by atoms with Gasteiger partial charge in [-0.1, -0.05) is 24.6 Å². The normalized spacial score (nSPS) is 14.8. The van der Waals surface area contributed by atoms with Crippen molar-refractivity contribution < 1.29 is 0 Å². The van der Waals surface area contributed by atoms with E-state index in [2.05, 4.69) is 24.9 Å². The van der Waals surface area contributed by atoms with Crippen LogP contribution in [0.5, 0.6) is 0 Å². The standard InChI is InChI=1S/C14H17ClN2/c1-3-11(9(2)16)12-6-7-17-14-8-10(15)4-5-13(12)14/h4-9,11H,3,16H2,1-2H3. The van der Waals surface area contributed by atoms with Crippen molar-refractivity contribution in [3.63, 3.8) is 0 Å². The summed E-state index contributed by atoms with van der Waals surface area (Å²) in [6, 6.07) is 8.04. The lowest BCUT2D eigenvalue weighted by atomic mass is 9.88. The predicted octanol–water partition coefficient (Wildman–Crippen LogP) is 3.73. The first kappa shape index (κ1) is 12.3. The molecule has 17 heavy (non-hydrogen) atoms. The molecule has 90 valence electrons. The fourth-order valence-electron chi connectivity index (χ4n) is 2.34. The first-order chi connectivity index (χ1) is 8.13. The van der Waals surface area contributed by atoms with Crippen molar-refractivity contribution >= 4 is 22.5 Å². The Kier molecular flexibility index (Phi) is 3.65. The summed E-state index contributed by atoms with van der Waals surface area (Å²) in [5.74, 6) is 0.363. The summed E-state index contributed by atoms with van der Waals surface area (Å²) in [7, 11) is 0. The van der Waals surface area contributed by atoms with Gasteiger partial charge in [0.2, 0.25) is 0 Å². The number of fused-ring (bicyclic) bond motifs is 1. The van der Waals surface area contributed by atoms with Crippen molar-refractivity contribution in [3.8, 4) is 0 Å². The first-order valence-corrected chi connectivity index (χ1v) is 6.31. The van der Waals surface area contributed by atoms with E-state index in [0.717, 1.165) is 22.3 Å². The second-order valence-corrected chi connectivity index (χ2v) is 4.87. The van der Waals surface area contributed by atoms with Gasteiger partial charge in [-0.05, 0) is 43.0 Å². The lowest BCUT2D eigenvalue weighted by Gasteiger charge is -2.21. The first-order valence-electron chi connectivity index (χ1n) is 5.93. The van der Waals surface area contributed by atoms with E-state index < -0.39 is 0 Å². The number of halogens is 1. The quantitative estimate of drug-likeness (QED) is 0.899. The third-order valence-electron chi connectivity index (χ3n) is 3.21. The minimum Gasteiger partial charge on any atom is -0.327 e. The van der Waals surface area contributed by atoms with Gasteiger partial charge < -0.3 is 5.73 Å². The number of nitrogens with two attached hydrogens (primary N) is 1. The summed E-state index contributed by atoms with van der Waals surface area (Å²) < 4.78 is 0. The molecule has 1 aromatic heterocycles. The van der Waals surface area contributed by atoms with Crippen LogP contribution in [-0.4, -0.2) is 11.0 Å². The fraction of sp³-hybridized carbons (Fsp3) is 0.357. The third kappa shape index (κ3) is 2.43. The van der Waals surface area contributed by atoms with Crippen LogP contribution in [0.25, 0.3) is 10.9 Å². The van der Waals surface area contributed by atoms with E-state index in [1.54, 1.807) is 0 Å². The molecule has 0 saturated carbocycles. The predicted molar refractivity (Wildman–Crippen MR) is 73.4 cm³/mol. The summed E-state index contributed by atoms with van der Waals surface area (Å²) in [6.07, 6.45) is 2.86. The molecule has 1 aromatic carbocycles. The van der Waals surface area contributed by atoms with Crippen LogP contribution in [0.4, 0.5) is 0 Å². The molecule has 0 bridgehead atoms. The second kappa shape index (κ2) is 5.03. The Balaban J connectivity index is 2.61. The number of benzene rings is 1. The number of rotatable bonds is 3. The molecule has 2 nitrogen and oxygen atoms in total. The molecule has 2 aromatic rings. The van der Waals surface area contributed by atoms with E-state index in [0.29, 0.717) is 5.92 Å². The van der Waals surface area contributed by atoms with Crippen molar-refractivity contribution in [2.24, 2.45) is 5.73 Å². The van der Waals surface area contributed by atoms with Crippen LogP contribution in [0.2, 0.25) is 5.02 Å². The number of pyridine rings is 1. The Bertz CT molecular complexity index is 523. The van der Waals surface area contributed by atoms with Crippen LogP contribution in [-0.2, 0) is 0 Å². The van der Waals surface area contributed by atoms with Gasteiger partial charge in [0.25, 0.3) is 0 Å². The Morgan fingerprint density at radius 3 is 2.76 bits per heavy atom. The molecule has 2 rings (SSSR count). The van der Waals surface area contributed by atoms with Gasteiger partial charge in [0.05, 0.1) is 5.52 Å². The van der Waals surface area contributed by atoms with Crippen LogP contribution in [0.1, 0.15) is 31.7 Å². The van der Waals surface area contributed by atoms with Gasteiger partial charge in [-0.15, -0.1) is 0 Å². The Hall–Kier alpha value is -1.12. The maximum atomic E-state index is 6.05. The minimum absolute atomic E-state index is 0.140. The van der Waals surface area contributed by atoms with Gasteiger partial charge in [0.15, 0.2) is 0 Å². The molecule has 2 atom stereocenters. The Labute approximate surface area is 107 Å². The van der Waals surface area contributed by atoms with Gasteiger partial charge in [-0.25, -0.2) is 0 Å². The zero-order valence-electron chi connectivity index (χ0n) is 10.2. The smallest absolute Gasteiger partial charge is 0.0719 e. The molecule has 0 radical (unpaired) electrons. The van der Waals surface area contributed by atoms with Crippen molar-refractivity contribution in [2.45, 2.75) is 32.2 Å². The summed E-state index contributed by atoms with van der Waals surface area (Å²) in [5, 5.41) is 1.87. The minimum atomic E-state index is 0.140. The molecule has 0 spiro atoms. The number of hydrogen-bond acceptors (Lipinski definition) is 2. The molecule has 0 aliphatic carbocycles. The number of hydrogen-bond donors (Lipinski definition) is 1. The highest BCUT2D eigenvalue weighted by atomic mass is 35.5. The second-order valence-electron chi connectivity index (χ2n) is 4.44. The molecular formula is C14H17ClN2. The van der Waals surface area contributed by atoms with Crippen molar-refractivity contribution in [1.29, 1.82) is 0 Å². The average Bonchev–Trinajstić information content (AvgIpc) is 2.29. The lowest BCUT2D eigenvalue weighted by Crippen LogP contribution is -2.24. The fourth-order valence-corrected chi connectivity index (χ4v) is 2.51. The maximum Gasteiger partial charge on any atom is 0.0719 e. The molecular weight excluding hydrogens is 232 g/mol. The molecule has 2 unspecified atom stereocenters. The van der Waals surface area contributed by atoms with E-state index in [-0.39, 0.29) is 6.04 Å². The highest BCUT2D eigenvalue weighted by molar-refractivity contribution is 6.31. The Morgan fingerprint density at radius 2 is 2.12 bits per heavy atom. The van der Waals surface area contributed by atoms with Gasteiger partial charge in [0, 0.05) is 22.6 Å². The van der Waals surface area contributed by atoms with E-state index in [1.165, 1.54) is 5.56 Å². The largest absolute Gasteiger partial charge is 0.327 e. The highest BCUT2D eigenvalue weighted by Gasteiger charge is 2.16. The van der Waals surface area contributed by atoms with Crippen LogP contribution in [0, 0.1) is 0 Å². The lowest BCUT2D eigenvalue weighted by molar-refractivity contribution is 0.556. The van der Waals surface area contributed by atoms with E-state index in [1.807, 2.05) is 24.4 Å². The van der Waals surface area contributed by atoms with Gasteiger partial charge >= 0.3 is 0 Å². The van der Waals surface area contributed by atoms with Crippen molar-refractivity contribution in [1.82, 2.24) is 4.98 Å². The number of nitrogens with zero attached hydrogens (tertiary/aromatic N) is 1. The molecule has 0 aliphatic heterocycles. The third-order valence-corrected chi connectivity index (χ3v) is 3.45. The van der Waals surface area contributed by atoms with Crippen LogP contribution >= 0.6 is 11.6 Å². The summed E-state index contributed by atoms with van der Waals surface area (Å²) in [5.41, 5.74) is 8.26. The topological polar surface area (TPSA) is 38.9 Å². The van der Waals surface area contributed by atoms with Crippen LogP contribution < -0.4 is 5.73 Å². The van der Waals surface area contributed by atoms with Crippen LogP contribution in [0.3, 0.4) is 0 Å². The van der Waals surface area contributed by atoms with E-state index >= 15 is 0 Å². The monoisotopic (exact) mass is 248 g/mol. The van der Waals surface area contributed by atoms with E-state index in [4.69, 9.17) is 17.3 Å². The summed E-state index contributed by atoms with van der Waals surface area (Å²) in [4.78, 5) is 4.35. The molecule has 0 saturated heterocycles. The number of aromatic nitrogens is 1. The SMILES string of the molecule is CCC(c1ccnc2cc(Cl)ccc12)C(C)N. The van der Waals surface area contributed by atoms with Crippen molar-refractivity contribution in [2.75, 3.05) is 0 Å². The van der Waals surface area contributed by atoms with Gasteiger partial charge in [-0.3, -0.25) is 4.98 Å². The Morgan fingerprint density at radius 1 is 1.35 bits per heavy atom. The highest BCUT2D eigenvalue weighted by Crippen LogP contribution is 2.29.